The van der Waals surface area contributed by atoms with Crippen LogP contribution in [-0.4, -0.2) is 41.0 Å². The van der Waals surface area contributed by atoms with Gasteiger partial charge < -0.3 is 19.2 Å². The van der Waals surface area contributed by atoms with Crippen molar-refractivity contribution in [1.82, 2.24) is 15.4 Å². The fourth-order valence-corrected chi connectivity index (χ4v) is 3.10. The van der Waals surface area contributed by atoms with Crippen LogP contribution in [0.15, 0.2) is 27.3 Å². The van der Waals surface area contributed by atoms with Gasteiger partial charge in [-0.1, -0.05) is 19.0 Å². The molecule has 0 aliphatic carbocycles. The summed E-state index contributed by atoms with van der Waals surface area (Å²) in [5.74, 6) is 0.796. The largest absolute Gasteiger partial charge is 0.459 e. The Morgan fingerprint density at radius 3 is 2.64 bits per heavy atom. The SMILES string of the molecule is Cc1noc(C(C)C)c1C(=O)NC1CCN(C(=O)c2ccco2)CC1. The Labute approximate surface area is 146 Å². The highest BCUT2D eigenvalue weighted by atomic mass is 16.5. The summed E-state index contributed by atoms with van der Waals surface area (Å²) in [6.07, 6.45) is 2.91. The molecule has 0 spiro atoms. The lowest BCUT2D eigenvalue weighted by Gasteiger charge is -2.31. The van der Waals surface area contributed by atoms with Crippen molar-refractivity contribution in [3.05, 3.63) is 41.2 Å². The van der Waals surface area contributed by atoms with Crippen LogP contribution in [0.1, 0.15) is 65.0 Å². The second-order valence-electron chi connectivity index (χ2n) is 6.68. The molecular formula is C18H23N3O4. The second kappa shape index (κ2) is 7.13. The topological polar surface area (TPSA) is 88.6 Å². The molecule has 7 nitrogen and oxygen atoms in total. The first-order valence-electron chi connectivity index (χ1n) is 8.57. The van der Waals surface area contributed by atoms with Crippen molar-refractivity contribution in [2.75, 3.05) is 13.1 Å². The Bertz CT molecular complexity index is 740. The number of carbonyl (C=O) groups is 2. The van der Waals surface area contributed by atoms with Crippen molar-refractivity contribution in [1.29, 1.82) is 0 Å². The standard InChI is InChI=1S/C18H23N3O4/c1-11(2)16-15(12(3)20-25-16)17(22)19-13-6-8-21(9-7-13)18(23)14-5-4-10-24-14/h4-5,10-11,13H,6-9H2,1-3H3,(H,19,22). The normalized spacial score (nSPS) is 15.6. The minimum absolute atomic E-state index is 0.0301. The minimum Gasteiger partial charge on any atom is -0.459 e. The third kappa shape index (κ3) is 3.60. The molecule has 0 radical (unpaired) electrons. The molecule has 1 aliphatic rings. The molecule has 2 aromatic heterocycles. The van der Waals surface area contributed by atoms with E-state index < -0.39 is 0 Å². The van der Waals surface area contributed by atoms with Crippen LogP contribution in [0.5, 0.6) is 0 Å². The second-order valence-corrected chi connectivity index (χ2v) is 6.68. The van der Waals surface area contributed by atoms with E-state index in [4.69, 9.17) is 8.94 Å². The average Bonchev–Trinajstić information content (AvgIpc) is 3.24. The monoisotopic (exact) mass is 345 g/mol. The highest BCUT2D eigenvalue weighted by Gasteiger charge is 2.28. The molecule has 1 saturated heterocycles. The fraction of sp³-hybridized carbons (Fsp3) is 0.500. The van der Waals surface area contributed by atoms with Crippen molar-refractivity contribution >= 4 is 11.8 Å². The molecule has 1 fully saturated rings. The molecule has 0 saturated carbocycles. The maximum Gasteiger partial charge on any atom is 0.289 e. The summed E-state index contributed by atoms with van der Waals surface area (Å²) in [4.78, 5) is 26.6. The van der Waals surface area contributed by atoms with Gasteiger partial charge in [0.05, 0.1) is 12.0 Å². The maximum absolute atomic E-state index is 12.6. The number of piperidine rings is 1. The number of aryl methyl sites for hydroxylation is 1. The Hall–Kier alpha value is -2.57. The van der Waals surface area contributed by atoms with Gasteiger partial charge in [-0.15, -0.1) is 0 Å². The predicted octanol–water partition coefficient (Wildman–Crippen LogP) is 2.73. The number of carbonyl (C=O) groups excluding carboxylic acids is 2. The highest BCUT2D eigenvalue weighted by molar-refractivity contribution is 5.96. The number of aromatic nitrogens is 1. The van der Waals surface area contributed by atoms with Gasteiger partial charge in [0.25, 0.3) is 11.8 Å². The van der Waals surface area contributed by atoms with E-state index in [1.807, 2.05) is 13.8 Å². The average molecular weight is 345 g/mol. The molecule has 0 atom stereocenters. The summed E-state index contributed by atoms with van der Waals surface area (Å²) >= 11 is 0. The molecule has 134 valence electrons. The number of furan rings is 1. The highest BCUT2D eigenvalue weighted by Crippen LogP contribution is 2.23. The van der Waals surface area contributed by atoms with E-state index in [1.54, 1.807) is 24.0 Å². The van der Waals surface area contributed by atoms with E-state index >= 15 is 0 Å². The van der Waals surface area contributed by atoms with Crippen LogP contribution in [0, 0.1) is 6.92 Å². The first-order valence-corrected chi connectivity index (χ1v) is 8.57. The zero-order chi connectivity index (χ0) is 18.0. The first-order chi connectivity index (χ1) is 12.0. The van der Waals surface area contributed by atoms with Crippen molar-refractivity contribution in [3.63, 3.8) is 0 Å². The Morgan fingerprint density at radius 2 is 2.04 bits per heavy atom. The summed E-state index contributed by atoms with van der Waals surface area (Å²) < 4.78 is 10.4. The summed E-state index contributed by atoms with van der Waals surface area (Å²) in [7, 11) is 0. The Morgan fingerprint density at radius 1 is 1.32 bits per heavy atom. The van der Waals surface area contributed by atoms with E-state index in [0.717, 1.165) is 0 Å². The quantitative estimate of drug-likeness (QED) is 0.920. The van der Waals surface area contributed by atoms with Gasteiger partial charge in [0.15, 0.2) is 11.5 Å². The molecule has 0 unspecified atom stereocenters. The molecule has 1 aliphatic heterocycles. The van der Waals surface area contributed by atoms with E-state index in [2.05, 4.69) is 10.5 Å². The van der Waals surface area contributed by atoms with Crippen LogP contribution in [0.25, 0.3) is 0 Å². The van der Waals surface area contributed by atoms with Gasteiger partial charge >= 0.3 is 0 Å². The van der Waals surface area contributed by atoms with Gasteiger partial charge in [-0.2, -0.15) is 0 Å². The molecule has 7 heteroatoms. The first kappa shape index (κ1) is 17.3. The van der Waals surface area contributed by atoms with Gasteiger partial charge in [-0.25, -0.2) is 0 Å². The number of hydrogen-bond acceptors (Lipinski definition) is 5. The van der Waals surface area contributed by atoms with Gasteiger partial charge in [0, 0.05) is 25.0 Å². The molecule has 3 heterocycles. The van der Waals surface area contributed by atoms with E-state index in [-0.39, 0.29) is 23.8 Å². The molecule has 2 aromatic rings. The summed E-state index contributed by atoms with van der Waals surface area (Å²) in [5, 5.41) is 6.97. The lowest BCUT2D eigenvalue weighted by molar-refractivity contribution is 0.0667. The summed E-state index contributed by atoms with van der Waals surface area (Å²) in [6.45, 7) is 6.88. The predicted molar refractivity (Wildman–Crippen MR) is 90.4 cm³/mol. The Balaban J connectivity index is 1.58. The number of nitrogens with one attached hydrogen (secondary N) is 1. The zero-order valence-corrected chi connectivity index (χ0v) is 14.7. The van der Waals surface area contributed by atoms with Crippen LogP contribution in [0.3, 0.4) is 0 Å². The molecular weight excluding hydrogens is 322 g/mol. The van der Waals surface area contributed by atoms with Crippen molar-refractivity contribution in [2.24, 2.45) is 0 Å². The lowest BCUT2D eigenvalue weighted by Crippen LogP contribution is -2.46. The third-order valence-electron chi connectivity index (χ3n) is 4.49. The van der Waals surface area contributed by atoms with Gasteiger partial charge in [-0.3, -0.25) is 9.59 Å². The van der Waals surface area contributed by atoms with Crippen molar-refractivity contribution in [2.45, 2.75) is 45.6 Å². The van der Waals surface area contributed by atoms with Gasteiger partial charge in [0.2, 0.25) is 0 Å². The Kier molecular flexibility index (Phi) is 4.92. The van der Waals surface area contributed by atoms with Crippen LogP contribution < -0.4 is 5.32 Å². The maximum atomic E-state index is 12.6. The number of likely N-dealkylation sites (tertiary alicyclic amines) is 1. The van der Waals surface area contributed by atoms with Crippen LogP contribution in [0.4, 0.5) is 0 Å². The van der Waals surface area contributed by atoms with Gasteiger partial charge in [-0.05, 0) is 31.9 Å². The molecule has 1 N–H and O–H groups in total. The minimum atomic E-state index is -0.154. The molecule has 2 amide bonds. The molecule has 25 heavy (non-hydrogen) atoms. The van der Waals surface area contributed by atoms with Crippen molar-refractivity contribution in [3.8, 4) is 0 Å². The molecule has 0 aromatic carbocycles. The lowest BCUT2D eigenvalue weighted by atomic mass is 10.0. The number of hydrogen-bond donors (Lipinski definition) is 1. The van der Waals surface area contributed by atoms with Crippen LogP contribution in [0.2, 0.25) is 0 Å². The third-order valence-corrected chi connectivity index (χ3v) is 4.49. The molecule has 3 rings (SSSR count). The van der Waals surface area contributed by atoms with Crippen molar-refractivity contribution < 1.29 is 18.5 Å². The zero-order valence-electron chi connectivity index (χ0n) is 14.7. The van der Waals surface area contributed by atoms with Crippen LogP contribution in [-0.2, 0) is 0 Å². The summed E-state index contributed by atoms with van der Waals surface area (Å²) in [5.41, 5.74) is 1.13. The summed E-state index contributed by atoms with van der Waals surface area (Å²) in [6, 6.07) is 3.40. The number of amides is 2. The fourth-order valence-electron chi connectivity index (χ4n) is 3.10. The number of nitrogens with zero attached hydrogens (tertiary/aromatic N) is 2. The van der Waals surface area contributed by atoms with Crippen LogP contribution >= 0.6 is 0 Å². The molecule has 0 bridgehead atoms. The van der Waals surface area contributed by atoms with Gasteiger partial charge in [0.1, 0.15) is 5.56 Å². The number of rotatable bonds is 4. The van der Waals surface area contributed by atoms with E-state index in [9.17, 15) is 9.59 Å². The smallest absolute Gasteiger partial charge is 0.289 e. The van der Waals surface area contributed by atoms with E-state index in [0.29, 0.717) is 48.7 Å². The van der Waals surface area contributed by atoms with E-state index in [1.165, 1.54) is 6.26 Å².